The number of nitrogens with two attached hydrogens (primary N) is 1. The molecule has 2 aromatic rings. The Morgan fingerprint density at radius 2 is 1.84 bits per heavy atom. The van der Waals surface area contributed by atoms with Gasteiger partial charge in [0.2, 0.25) is 0 Å². The molecular formula is C14H13FN2OS. The van der Waals surface area contributed by atoms with Gasteiger partial charge in [0.15, 0.2) is 0 Å². The monoisotopic (exact) mass is 276 g/mol. The van der Waals surface area contributed by atoms with Crippen molar-refractivity contribution >= 4 is 17.7 Å². The van der Waals surface area contributed by atoms with E-state index in [1.54, 1.807) is 24.3 Å². The van der Waals surface area contributed by atoms with Crippen molar-refractivity contribution in [2.75, 3.05) is 0 Å². The Labute approximate surface area is 115 Å². The molecule has 0 heterocycles. The summed E-state index contributed by atoms with van der Waals surface area (Å²) < 4.78 is 12.8. The second-order valence-corrected chi connectivity index (χ2v) is 4.92. The van der Waals surface area contributed by atoms with Gasteiger partial charge in [-0.2, -0.15) is 0 Å². The van der Waals surface area contributed by atoms with Gasteiger partial charge in [-0.3, -0.25) is 10.2 Å². The summed E-state index contributed by atoms with van der Waals surface area (Å²) in [7, 11) is 0. The minimum atomic E-state index is -0.310. The number of hydrogen-bond acceptors (Lipinski definition) is 3. The molecule has 0 fully saturated rings. The lowest BCUT2D eigenvalue weighted by Gasteiger charge is -2.07. The molecule has 0 aliphatic rings. The number of rotatable bonds is 4. The normalized spacial score (nSPS) is 10.2. The van der Waals surface area contributed by atoms with Gasteiger partial charge in [0.1, 0.15) is 5.82 Å². The molecule has 0 aromatic heterocycles. The van der Waals surface area contributed by atoms with E-state index in [9.17, 15) is 9.18 Å². The first kappa shape index (κ1) is 13.6. The summed E-state index contributed by atoms with van der Waals surface area (Å²) in [5.41, 5.74) is 3.57. The Morgan fingerprint density at radius 1 is 1.16 bits per heavy atom. The van der Waals surface area contributed by atoms with Crippen molar-refractivity contribution in [3.8, 4) is 0 Å². The molecule has 0 radical (unpaired) electrons. The van der Waals surface area contributed by atoms with E-state index in [0.717, 1.165) is 10.5 Å². The molecule has 0 aliphatic heterocycles. The van der Waals surface area contributed by atoms with Crippen molar-refractivity contribution in [2.45, 2.75) is 10.6 Å². The first-order chi connectivity index (χ1) is 9.20. The van der Waals surface area contributed by atoms with Crippen LogP contribution < -0.4 is 11.3 Å². The Morgan fingerprint density at radius 3 is 2.53 bits per heavy atom. The minimum absolute atomic E-state index is 0.257. The third kappa shape index (κ3) is 3.56. The number of thioether (sulfide) groups is 1. The Hall–Kier alpha value is -1.85. The number of halogens is 1. The zero-order chi connectivity index (χ0) is 13.7. The standard InChI is InChI=1S/C14H13FN2OS/c15-11-5-7-12(8-6-11)19-9-10-3-1-2-4-13(10)14(18)17-16/h1-8H,9,16H2,(H,17,18). The van der Waals surface area contributed by atoms with Crippen LogP contribution in [0.3, 0.4) is 0 Å². The summed E-state index contributed by atoms with van der Waals surface area (Å²) in [6, 6.07) is 13.5. The molecule has 5 heteroatoms. The number of hydrazine groups is 1. The second-order valence-electron chi connectivity index (χ2n) is 3.87. The van der Waals surface area contributed by atoms with Crippen LogP contribution in [0.15, 0.2) is 53.4 Å². The molecule has 0 saturated heterocycles. The van der Waals surface area contributed by atoms with Gasteiger partial charge < -0.3 is 0 Å². The Balaban J connectivity index is 2.11. The zero-order valence-corrected chi connectivity index (χ0v) is 10.9. The van der Waals surface area contributed by atoms with Crippen LogP contribution >= 0.6 is 11.8 Å². The smallest absolute Gasteiger partial charge is 0.265 e. The SMILES string of the molecule is NNC(=O)c1ccccc1CSc1ccc(F)cc1. The maximum atomic E-state index is 12.8. The van der Waals surface area contributed by atoms with Crippen molar-refractivity contribution < 1.29 is 9.18 Å². The first-order valence-corrected chi connectivity index (χ1v) is 6.66. The predicted molar refractivity (Wildman–Crippen MR) is 74.1 cm³/mol. The molecule has 0 unspecified atom stereocenters. The van der Waals surface area contributed by atoms with Crippen molar-refractivity contribution in [1.29, 1.82) is 0 Å². The van der Waals surface area contributed by atoms with Gasteiger partial charge in [0.05, 0.1) is 0 Å². The fraction of sp³-hybridized carbons (Fsp3) is 0.0714. The summed E-state index contributed by atoms with van der Waals surface area (Å²) in [5.74, 6) is 5.20. The fourth-order valence-corrected chi connectivity index (χ4v) is 2.54. The molecule has 19 heavy (non-hydrogen) atoms. The summed E-state index contributed by atoms with van der Waals surface area (Å²) >= 11 is 1.54. The van der Waals surface area contributed by atoms with E-state index < -0.39 is 0 Å². The van der Waals surface area contributed by atoms with Crippen LogP contribution in [0.4, 0.5) is 4.39 Å². The van der Waals surface area contributed by atoms with E-state index in [2.05, 4.69) is 5.43 Å². The van der Waals surface area contributed by atoms with Crippen LogP contribution in [0.2, 0.25) is 0 Å². The summed E-state index contributed by atoms with van der Waals surface area (Å²) in [6.45, 7) is 0. The topological polar surface area (TPSA) is 55.1 Å². The van der Waals surface area contributed by atoms with E-state index in [4.69, 9.17) is 5.84 Å². The number of benzene rings is 2. The summed E-state index contributed by atoms with van der Waals surface area (Å²) in [4.78, 5) is 12.5. The molecule has 0 atom stereocenters. The molecular weight excluding hydrogens is 263 g/mol. The Kier molecular flexibility index (Phi) is 4.54. The highest BCUT2D eigenvalue weighted by Gasteiger charge is 2.09. The van der Waals surface area contributed by atoms with E-state index in [-0.39, 0.29) is 11.7 Å². The van der Waals surface area contributed by atoms with Gasteiger partial charge in [0, 0.05) is 16.2 Å². The quantitative estimate of drug-likeness (QED) is 0.391. The lowest BCUT2D eigenvalue weighted by molar-refractivity contribution is 0.0953. The molecule has 0 aliphatic carbocycles. The van der Waals surface area contributed by atoms with Crippen LogP contribution in [0.1, 0.15) is 15.9 Å². The van der Waals surface area contributed by atoms with Crippen LogP contribution in [-0.2, 0) is 5.75 Å². The average molecular weight is 276 g/mol. The number of hydrogen-bond donors (Lipinski definition) is 2. The maximum absolute atomic E-state index is 12.8. The maximum Gasteiger partial charge on any atom is 0.265 e. The van der Waals surface area contributed by atoms with Gasteiger partial charge >= 0.3 is 0 Å². The summed E-state index contributed by atoms with van der Waals surface area (Å²) in [6.07, 6.45) is 0. The number of amides is 1. The van der Waals surface area contributed by atoms with Crippen molar-refractivity contribution in [3.63, 3.8) is 0 Å². The third-order valence-electron chi connectivity index (χ3n) is 2.60. The molecule has 98 valence electrons. The van der Waals surface area contributed by atoms with Crippen molar-refractivity contribution in [2.24, 2.45) is 5.84 Å². The minimum Gasteiger partial charge on any atom is -0.290 e. The van der Waals surface area contributed by atoms with Crippen LogP contribution in [0, 0.1) is 5.82 Å². The molecule has 3 N–H and O–H groups in total. The van der Waals surface area contributed by atoms with Gasteiger partial charge in [-0.15, -0.1) is 11.8 Å². The molecule has 2 rings (SSSR count). The highest BCUT2D eigenvalue weighted by molar-refractivity contribution is 7.98. The van der Waals surface area contributed by atoms with Gasteiger partial charge in [-0.1, -0.05) is 18.2 Å². The highest BCUT2D eigenvalue weighted by Crippen LogP contribution is 2.24. The van der Waals surface area contributed by atoms with E-state index in [1.807, 2.05) is 12.1 Å². The van der Waals surface area contributed by atoms with Crippen molar-refractivity contribution in [1.82, 2.24) is 5.43 Å². The second kappa shape index (κ2) is 6.36. The summed E-state index contributed by atoms with van der Waals surface area (Å²) in [5, 5.41) is 0. The van der Waals surface area contributed by atoms with E-state index >= 15 is 0 Å². The van der Waals surface area contributed by atoms with E-state index in [1.165, 1.54) is 23.9 Å². The molecule has 2 aromatic carbocycles. The van der Waals surface area contributed by atoms with Crippen LogP contribution in [0.25, 0.3) is 0 Å². The molecule has 3 nitrogen and oxygen atoms in total. The van der Waals surface area contributed by atoms with Crippen LogP contribution in [0.5, 0.6) is 0 Å². The lowest BCUT2D eigenvalue weighted by atomic mass is 10.1. The van der Waals surface area contributed by atoms with Crippen molar-refractivity contribution in [3.05, 3.63) is 65.5 Å². The third-order valence-corrected chi connectivity index (χ3v) is 3.66. The van der Waals surface area contributed by atoms with Crippen LogP contribution in [-0.4, -0.2) is 5.91 Å². The molecule has 0 bridgehead atoms. The highest BCUT2D eigenvalue weighted by atomic mass is 32.2. The number of nitrogen functional groups attached to an aromatic ring is 1. The predicted octanol–water partition coefficient (Wildman–Crippen LogP) is 2.72. The first-order valence-electron chi connectivity index (χ1n) is 5.68. The molecule has 0 spiro atoms. The van der Waals surface area contributed by atoms with E-state index in [0.29, 0.717) is 11.3 Å². The Bertz CT molecular complexity index is 572. The lowest BCUT2D eigenvalue weighted by Crippen LogP contribution is -2.30. The van der Waals surface area contributed by atoms with Gasteiger partial charge in [-0.05, 0) is 35.9 Å². The fourth-order valence-electron chi connectivity index (χ4n) is 1.64. The average Bonchev–Trinajstić information content (AvgIpc) is 2.46. The van der Waals surface area contributed by atoms with Gasteiger partial charge in [0.25, 0.3) is 5.91 Å². The largest absolute Gasteiger partial charge is 0.290 e. The number of nitrogens with one attached hydrogen (secondary N) is 1. The molecule has 0 saturated carbocycles. The number of carbonyl (C=O) groups excluding carboxylic acids is 1. The molecule has 1 amide bonds. The number of carbonyl (C=O) groups is 1. The zero-order valence-electron chi connectivity index (χ0n) is 10.1. The van der Waals surface area contributed by atoms with Gasteiger partial charge in [-0.25, -0.2) is 10.2 Å².